The minimum Gasteiger partial charge on any atom is -0.449 e. The molecule has 0 aliphatic heterocycles. The van der Waals surface area contributed by atoms with Gasteiger partial charge in [0, 0.05) is 11.3 Å². The summed E-state index contributed by atoms with van der Waals surface area (Å²) in [7, 11) is 0. The SMILES string of the molecule is CC(OC(=O)c1ccc(-n2cnnn2)cc1)C(=O)Nc1ccccc1-c1ccccc1. The molecule has 1 heterocycles. The predicted octanol–water partition coefficient (Wildman–Crippen LogP) is 3.51. The van der Waals surface area contributed by atoms with Crippen molar-refractivity contribution in [1.82, 2.24) is 20.2 Å². The third-order valence-corrected chi connectivity index (χ3v) is 4.64. The number of carbonyl (C=O) groups is 2. The Bertz CT molecular complexity index is 1180. The van der Waals surface area contributed by atoms with Gasteiger partial charge in [0.15, 0.2) is 6.10 Å². The van der Waals surface area contributed by atoms with Crippen LogP contribution in [0.3, 0.4) is 0 Å². The second-order valence-electron chi connectivity index (χ2n) is 6.75. The molecule has 1 amide bonds. The molecule has 0 bridgehead atoms. The first-order chi connectivity index (χ1) is 15.1. The maximum absolute atomic E-state index is 12.7. The van der Waals surface area contributed by atoms with Gasteiger partial charge in [-0.25, -0.2) is 9.48 Å². The minimum atomic E-state index is -0.976. The van der Waals surface area contributed by atoms with Gasteiger partial charge < -0.3 is 10.1 Å². The number of nitrogens with one attached hydrogen (secondary N) is 1. The molecule has 1 aromatic heterocycles. The van der Waals surface area contributed by atoms with Gasteiger partial charge in [0.1, 0.15) is 6.33 Å². The number of amides is 1. The quantitative estimate of drug-likeness (QED) is 0.486. The van der Waals surface area contributed by atoms with Crippen molar-refractivity contribution in [3.8, 4) is 16.8 Å². The number of hydrogen-bond acceptors (Lipinski definition) is 6. The van der Waals surface area contributed by atoms with Crippen LogP contribution in [0.5, 0.6) is 0 Å². The van der Waals surface area contributed by atoms with Crippen LogP contribution in [0.2, 0.25) is 0 Å². The van der Waals surface area contributed by atoms with Gasteiger partial charge in [-0.15, -0.1) is 5.10 Å². The standard InChI is InChI=1S/C23H19N5O3/c1-16(31-23(30)18-11-13-19(14-12-18)28-15-24-26-27-28)22(29)25-21-10-6-5-9-20(21)17-7-3-2-4-8-17/h2-16H,1H3,(H,25,29). The van der Waals surface area contributed by atoms with Crippen molar-refractivity contribution in [3.63, 3.8) is 0 Å². The largest absolute Gasteiger partial charge is 0.449 e. The molecule has 0 radical (unpaired) electrons. The summed E-state index contributed by atoms with van der Waals surface area (Å²) < 4.78 is 6.82. The van der Waals surface area contributed by atoms with Crippen molar-refractivity contribution in [1.29, 1.82) is 0 Å². The Hall–Kier alpha value is -4.33. The first-order valence-corrected chi connectivity index (χ1v) is 9.61. The Balaban J connectivity index is 1.42. The lowest BCUT2D eigenvalue weighted by molar-refractivity contribution is -0.123. The van der Waals surface area contributed by atoms with Crippen LogP contribution in [-0.2, 0) is 9.53 Å². The summed E-state index contributed by atoms with van der Waals surface area (Å²) in [5.41, 5.74) is 3.53. The van der Waals surface area contributed by atoms with E-state index in [9.17, 15) is 9.59 Å². The second-order valence-corrected chi connectivity index (χ2v) is 6.75. The molecule has 0 saturated heterocycles. The maximum atomic E-state index is 12.7. The maximum Gasteiger partial charge on any atom is 0.338 e. The molecule has 1 N–H and O–H groups in total. The Labute approximate surface area is 178 Å². The van der Waals surface area contributed by atoms with E-state index < -0.39 is 18.0 Å². The zero-order chi connectivity index (χ0) is 21.6. The first kappa shape index (κ1) is 20.0. The number of benzene rings is 3. The number of esters is 1. The lowest BCUT2D eigenvalue weighted by Crippen LogP contribution is -2.30. The first-order valence-electron chi connectivity index (χ1n) is 9.61. The highest BCUT2D eigenvalue weighted by molar-refractivity contribution is 6.00. The van der Waals surface area contributed by atoms with Gasteiger partial charge in [-0.05, 0) is 53.2 Å². The van der Waals surface area contributed by atoms with Gasteiger partial charge in [0.05, 0.1) is 11.3 Å². The minimum absolute atomic E-state index is 0.321. The molecule has 154 valence electrons. The highest BCUT2D eigenvalue weighted by Crippen LogP contribution is 2.27. The van der Waals surface area contributed by atoms with Gasteiger partial charge in [-0.1, -0.05) is 48.5 Å². The number of tetrazole rings is 1. The number of ether oxygens (including phenoxy) is 1. The molecule has 0 fully saturated rings. The number of rotatable bonds is 6. The molecule has 4 aromatic rings. The number of nitrogens with zero attached hydrogens (tertiary/aromatic N) is 4. The van der Waals surface area contributed by atoms with E-state index in [2.05, 4.69) is 20.8 Å². The van der Waals surface area contributed by atoms with Gasteiger partial charge in [-0.3, -0.25) is 4.79 Å². The smallest absolute Gasteiger partial charge is 0.338 e. The van der Waals surface area contributed by atoms with Crippen LogP contribution in [-0.4, -0.2) is 38.2 Å². The van der Waals surface area contributed by atoms with Crippen molar-refractivity contribution in [2.24, 2.45) is 0 Å². The van der Waals surface area contributed by atoms with E-state index in [-0.39, 0.29) is 0 Å². The summed E-state index contributed by atoms with van der Waals surface area (Å²) in [5.74, 6) is -1.01. The van der Waals surface area contributed by atoms with Crippen LogP contribution >= 0.6 is 0 Å². The molecule has 0 aliphatic carbocycles. The summed E-state index contributed by atoms with van der Waals surface area (Å²) in [4.78, 5) is 25.1. The van der Waals surface area contributed by atoms with E-state index in [1.54, 1.807) is 24.3 Å². The van der Waals surface area contributed by atoms with Crippen LogP contribution in [0, 0.1) is 0 Å². The molecule has 3 aromatic carbocycles. The zero-order valence-corrected chi connectivity index (χ0v) is 16.7. The van der Waals surface area contributed by atoms with Crippen molar-refractivity contribution < 1.29 is 14.3 Å². The number of hydrogen-bond donors (Lipinski definition) is 1. The summed E-state index contributed by atoms with van der Waals surface area (Å²) >= 11 is 0. The lowest BCUT2D eigenvalue weighted by Gasteiger charge is -2.16. The van der Waals surface area contributed by atoms with Crippen molar-refractivity contribution in [2.75, 3.05) is 5.32 Å². The number of anilines is 1. The molecule has 0 spiro atoms. The average Bonchev–Trinajstić information content (AvgIpc) is 3.35. The van der Waals surface area contributed by atoms with Crippen LogP contribution in [0.1, 0.15) is 17.3 Å². The molecule has 1 atom stereocenters. The fraction of sp³-hybridized carbons (Fsp3) is 0.0870. The molecular formula is C23H19N5O3. The summed E-state index contributed by atoms with van der Waals surface area (Å²) in [5, 5.41) is 13.8. The Morgan fingerprint density at radius 2 is 1.65 bits per heavy atom. The van der Waals surface area contributed by atoms with Gasteiger partial charge >= 0.3 is 5.97 Å². The summed E-state index contributed by atoms with van der Waals surface area (Å²) in [6.07, 6.45) is 0.475. The third kappa shape index (κ3) is 4.64. The number of para-hydroxylation sites is 1. The van der Waals surface area contributed by atoms with Gasteiger partial charge in [0.25, 0.3) is 5.91 Å². The Morgan fingerprint density at radius 3 is 2.35 bits per heavy atom. The molecule has 0 saturated carbocycles. The van der Waals surface area contributed by atoms with Crippen molar-refractivity contribution >= 4 is 17.6 Å². The number of carbonyl (C=O) groups excluding carboxylic acids is 2. The monoisotopic (exact) mass is 413 g/mol. The Morgan fingerprint density at radius 1 is 0.935 bits per heavy atom. The fourth-order valence-electron chi connectivity index (χ4n) is 3.01. The van der Waals surface area contributed by atoms with Crippen molar-refractivity contribution in [3.05, 3.63) is 90.8 Å². The predicted molar refractivity (Wildman–Crippen MR) is 115 cm³/mol. The van der Waals surface area contributed by atoms with Crippen LogP contribution in [0.15, 0.2) is 85.2 Å². The van der Waals surface area contributed by atoms with Gasteiger partial charge in [0.2, 0.25) is 0 Å². The molecule has 31 heavy (non-hydrogen) atoms. The van der Waals surface area contributed by atoms with E-state index >= 15 is 0 Å². The van der Waals surface area contributed by atoms with E-state index in [0.717, 1.165) is 11.1 Å². The van der Waals surface area contributed by atoms with Crippen LogP contribution in [0.4, 0.5) is 5.69 Å². The normalized spacial score (nSPS) is 11.5. The van der Waals surface area contributed by atoms with Crippen LogP contribution in [0.25, 0.3) is 16.8 Å². The lowest BCUT2D eigenvalue weighted by atomic mass is 10.0. The molecule has 0 aliphatic rings. The van der Waals surface area contributed by atoms with Gasteiger partial charge in [-0.2, -0.15) is 0 Å². The van der Waals surface area contributed by atoms with E-state index in [1.807, 2.05) is 54.6 Å². The Kier molecular flexibility index (Phi) is 5.79. The van der Waals surface area contributed by atoms with E-state index in [0.29, 0.717) is 16.9 Å². The molecular weight excluding hydrogens is 394 g/mol. The second kappa shape index (κ2) is 9.00. The third-order valence-electron chi connectivity index (χ3n) is 4.64. The zero-order valence-electron chi connectivity index (χ0n) is 16.7. The van der Waals surface area contributed by atoms with Crippen LogP contribution < -0.4 is 5.32 Å². The highest BCUT2D eigenvalue weighted by atomic mass is 16.5. The summed E-state index contributed by atoms with van der Waals surface area (Å²) in [6, 6.07) is 23.8. The molecule has 4 rings (SSSR count). The summed E-state index contributed by atoms with van der Waals surface area (Å²) in [6.45, 7) is 1.54. The van der Waals surface area contributed by atoms with E-state index in [1.165, 1.54) is 17.9 Å². The van der Waals surface area contributed by atoms with Crippen molar-refractivity contribution in [2.45, 2.75) is 13.0 Å². The molecule has 1 unspecified atom stereocenters. The molecule has 8 nitrogen and oxygen atoms in total. The number of aromatic nitrogens is 4. The fourth-order valence-corrected chi connectivity index (χ4v) is 3.01. The topological polar surface area (TPSA) is 99.0 Å². The molecule has 8 heteroatoms. The average molecular weight is 413 g/mol. The highest BCUT2D eigenvalue weighted by Gasteiger charge is 2.20. The van der Waals surface area contributed by atoms with E-state index in [4.69, 9.17) is 4.74 Å².